The summed E-state index contributed by atoms with van der Waals surface area (Å²) in [5.74, 6) is -10.4. The van der Waals surface area contributed by atoms with Gasteiger partial charge in [-0.15, -0.1) is 0 Å². The van der Waals surface area contributed by atoms with Crippen LogP contribution in [0.4, 0.5) is 5.69 Å². The zero-order valence-electron chi connectivity index (χ0n) is 24.9. The molecule has 2 fully saturated rings. The lowest BCUT2D eigenvalue weighted by atomic mass is 9.52. The molecule has 224 valence electrons. The van der Waals surface area contributed by atoms with Crippen LogP contribution < -0.4 is 10.6 Å². The number of phenols is 1. The summed E-state index contributed by atoms with van der Waals surface area (Å²) in [7, 11) is 6.86. The zero-order valence-corrected chi connectivity index (χ0v) is 24.9. The molecule has 0 spiro atoms. The van der Waals surface area contributed by atoms with Crippen molar-refractivity contribution in [3.63, 3.8) is 0 Å². The van der Waals surface area contributed by atoms with Crippen LogP contribution in [-0.4, -0.2) is 101 Å². The highest BCUT2D eigenvalue weighted by molar-refractivity contribution is 6.32. The van der Waals surface area contributed by atoms with Gasteiger partial charge in [-0.3, -0.25) is 33.8 Å². The van der Waals surface area contributed by atoms with Crippen LogP contribution >= 0.6 is 0 Å². The Kier molecular flexibility index (Phi) is 8.20. The third-order valence-corrected chi connectivity index (χ3v) is 9.55. The topological polar surface area (TPSA) is 162 Å². The summed E-state index contributed by atoms with van der Waals surface area (Å²) in [4.78, 5) is 72.5. The SMILES string of the molecule is CCC(C)N(CC)Cc1cc(O)c2c(c1N(C)C)C[C@H]1C[C@H]3[C@H](N(C)C)C(=O)C(C(N)=O)C(=O)[C@@]3(O)C(=O)C1C2=O. The lowest BCUT2D eigenvalue weighted by Gasteiger charge is -2.52. The molecule has 3 aliphatic rings. The van der Waals surface area contributed by atoms with Gasteiger partial charge in [-0.2, -0.15) is 0 Å². The number of benzene rings is 1. The maximum atomic E-state index is 14.0. The van der Waals surface area contributed by atoms with Crippen molar-refractivity contribution >= 4 is 34.7 Å². The molecule has 4 rings (SSSR count). The predicted molar refractivity (Wildman–Crippen MR) is 152 cm³/mol. The smallest absolute Gasteiger partial charge is 0.235 e. The van der Waals surface area contributed by atoms with E-state index in [2.05, 4.69) is 25.7 Å². The summed E-state index contributed by atoms with van der Waals surface area (Å²) in [6.45, 7) is 7.65. The Hall–Kier alpha value is -3.15. The van der Waals surface area contributed by atoms with E-state index < -0.39 is 64.4 Å². The zero-order chi connectivity index (χ0) is 30.7. The van der Waals surface area contributed by atoms with Crippen LogP contribution in [0.15, 0.2) is 6.07 Å². The van der Waals surface area contributed by atoms with Gasteiger partial charge in [-0.05, 0) is 69.9 Å². The van der Waals surface area contributed by atoms with Crippen molar-refractivity contribution in [3.05, 3.63) is 22.8 Å². The number of likely N-dealkylation sites (N-methyl/N-ethyl adjacent to an activating group) is 1. The number of carbonyl (C=O) groups excluding carboxylic acids is 5. The van der Waals surface area contributed by atoms with Crippen LogP contribution in [0.1, 0.15) is 55.1 Å². The Bertz CT molecular complexity index is 1310. The van der Waals surface area contributed by atoms with E-state index in [4.69, 9.17) is 5.73 Å². The summed E-state index contributed by atoms with van der Waals surface area (Å²) in [5.41, 5.74) is 4.90. The van der Waals surface area contributed by atoms with Crippen molar-refractivity contribution in [1.29, 1.82) is 0 Å². The first-order chi connectivity index (χ1) is 19.1. The summed E-state index contributed by atoms with van der Waals surface area (Å²) >= 11 is 0. The molecule has 11 heteroatoms. The number of carbonyl (C=O) groups is 5. The molecule has 3 aliphatic carbocycles. The van der Waals surface area contributed by atoms with Crippen molar-refractivity contribution in [2.75, 3.05) is 39.6 Å². The molecule has 0 bridgehead atoms. The fourth-order valence-electron chi connectivity index (χ4n) is 7.46. The Morgan fingerprint density at radius 3 is 2.27 bits per heavy atom. The highest BCUT2D eigenvalue weighted by Gasteiger charge is 2.69. The monoisotopic (exact) mass is 570 g/mol. The van der Waals surface area contributed by atoms with Crippen LogP contribution in [0.25, 0.3) is 0 Å². The molecule has 1 aromatic rings. The number of phenolic OH excluding ortho intramolecular Hbond substituents is 1. The Morgan fingerprint density at radius 1 is 1.12 bits per heavy atom. The quantitative estimate of drug-likeness (QED) is 0.377. The second kappa shape index (κ2) is 10.9. The first kappa shape index (κ1) is 30.8. The van der Waals surface area contributed by atoms with E-state index in [1.165, 1.54) is 4.90 Å². The van der Waals surface area contributed by atoms with Crippen molar-refractivity contribution in [3.8, 4) is 5.75 Å². The second-order valence-electron chi connectivity index (χ2n) is 12.3. The highest BCUT2D eigenvalue weighted by atomic mass is 16.3. The fraction of sp³-hybridized carbons (Fsp3) is 0.633. The van der Waals surface area contributed by atoms with Crippen molar-refractivity contribution in [1.82, 2.24) is 9.80 Å². The second-order valence-corrected chi connectivity index (χ2v) is 12.3. The van der Waals surface area contributed by atoms with Crippen molar-refractivity contribution in [2.45, 2.75) is 64.3 Å². The van der Waals surface area contributed by atoms with Gasteiger partial charge in [0.15, 0.2) is 34.7 Å². The Labute approximate surface area is 240 Å². The average Bonchev–Trinajstić information content (AvgIpc) is 2.88. The molecule has 2 saturated carbocycles. The van der Waals surface area contributed by atoms with Gasteiger partial charge in [0.2, 0.25) is 5.91 Å². The Balaban J connectivity index is 1.86. The number of hydrogen-bond donors (Lipinski definition) is 3. The van der Waals surface area contributed by atoms with Crippen molar-refractivity contribution < 1.29 is 34.2 Å². The van der Waals surface area contributed by atoms with E-state index in [1.807, 2.05) is 19.0 Å². The summed E-state index contributed by atoms with van der Waals surface area (Å²) in [6, 6.07) is 0.734. The minimum atomic E-state index is -2.73. The van der Waals surface area contributed by atoms with Gasteiger partial charge in [-0.1, -0.05) is 13.8 Å². The van der Waals surface area contributed by atoms with E-state index in [0.717, 1.165) is 24.2 Å². The fourth-order valence-corrected chi connectivity index (χ4v) is 7.46. The van der Waals surface area contributed by atoms with Gasteiger partial charge in [0, 0.05) is 38.3 Å². The summed E-state index contributed by atoms with van der Waals surface area (Å²) < 4.78 is 0. The van der Waals surface area contributed by atoms with Gasteiger partial charge in [-0.25, -0.2) is 0 Å². The van der Waals surface area contributed by atoms with E-state index in [9.17, 15) is 34.2 Å². The number of Topliss-reactive ketones (excluding diaryl/α,β-unsaturated/α-hetero) is 4. The first-order valence-electron chi connectivity index (χ1n) is 14.3. The number of anilines is 1. The normalized spacial score (nSPS) is 30.2. The van der Waals surface area contributed by atoms with Crippen LogP contribution in [0, 0.1) is 23.7 Å². The molecule has 0 aliphatic heterocycles. The number of hydrogen-bond acceptors (Lipinski definition) is 10. The van der Waals surface area contributed by atoms with Gasteiger partial charge in [0.05, 0.1) is 17.5 Å². The van der Waals surface area contributed by atoms with E-state index >= 15 is 0 Å². The minimum absolute atomic E-state index is 0.00985. The number of rotatable bonds is 8. The maximum absolute atomic E-state index is 14.0. The molecule has 0 heterocycles. The number of nitrogens with zero attached hydrogens (tertiary/aromatic N) is 3. The standard InChI is InChI=1S/C30H42N4O7/c1-8-14(3)34(9-2)13-16-12-19(35)21-17(23(16)32(4)5)10-15-11-18-24(33(6)7)26(37)22(29(31)40)28(39)30(18,41)27(38)20(15)25(21)36/h12,14-15,18,20,22,24,35,41H,8-11,13H2,1-7H3,(H2,31,40)/t14?,15-,18-,20?,22?,24-,30-/m0/s1. The molecule has 1 aromatic carbocycles. The molecular weight excluding hydrogens is 528 g/mol. The first-order valence-corrected chi connectivity index (χ1v) is 14.3. The number of aromatic hydroxyl groups is 1. The average molecular weight is 571 g/mol. The molecule has 7 atom stereocenters. The van der Waals surface area contributed by atoms with E-state index in [-0.39, 0.29) is 24.2 Å². The van der Waals surface area contributed by atoms with Gasteiger partial charge in [0.1, 0.15) is 5.75 Å². The van der Waals surface area contributed by atoms with Crippen LogP contribution in [0.5, 0.6) is 5.75 Å². The molecule has 0 aromatic heterocycles. The number of nitrogens with two attached hydrogens (primary N) is 1. The van der Waals surface area contributed by atoms with Crippen LogP contribution in [-0.2, 0) is 32.1 Å². The molecule has 3 unspecified atom stereocenters. The van der Waals surface area contributed by atoms with Crippen molar-refractivity contribution in [2.24, 2.45) is 29.4 Å². The van der Waals surface area contributed by atoms with Gasteiger partial charge >= 0.3 is 0 Å². The summed E-state index contributed by atoms with van der Waals surface area (Å²) in [5, 5.41) is 22.9. The minimum Gasteiger partial charge on any atom is -0.507 e. The summed E-state index contributed by atoms with van der Waals surface area (Å²) in [6.07, 6.45) is 1.20. The molecular formula is C30H42N4O7. The molecule has 0 radical (unpaired) electrons. The number of fused-ring (bicyclic) bond motifs is 3. The number of ketones is 4. The molecule has 0 saturated heterocycles. The van der Waals surface area contributed by atoms with Crippen LogP contribution in [0.3, 0.4) is 0 Å². The van der Waals surface area contributed by atoms with Crippen LogP contribution in [0.2, 0.25) is 0 Å². The third kappa shape index (κ3) is 4.58. The lowest BCUT2D eigenvalue weighted by Crippen LogP contribution is -2.74. The van der Waals surface area contributed by atoms with Gasteiger partial charge < -0.3 is 20.8 Å². The van der Waals surface area contributed by atoms with Gasteiger partial charge in [0.25, 0.3) is 0 Å². The van der Waals surface area contributed by atoms with E-state index in [0.29, 0.717) is 18.2 Å². The van der Waals surface area contributed by atoms with E-state index in [1.54, 1.807) is 20.2 Å². The number of primary amides is 1. The Morgan fingerprint density at radius 2 is 1.76 bits per heavy atom. The predicted octanol–water partition coefficient (Wildman–Crippen LogP) is 0.553. The maximum Gasteiger partial charge on any atom is 0.235 e. The molecule has 11 nitrogen and oxygen atoms in total. The number of aliphatic hydroxyl groups is 1. The highest BCUT2D eigenvalue weighted by Crippen LogP contribution is 2.52. The molecule has 4 N–H and O–H groups in total. The third-order valence-electron chi connectivity index (χ3n) is 9.55. The molecule has 1 amide bonds. The molecule has 41 heavy (non-hydrogen) atoms. The number of amides is 1. The largest absolute Gasteiger partial charge is 0.507 e. The lowest BCUT2D eigenvalue weighted by molar-refractivity contribution is -0.181.